The van der Waals surface area contributed by atoms with Gasteiger partial charge in [0.25, 0.3) is 0 Å². The molecule has 0 aliphatic heterocycles. The molecule has 0 aliphatic carbocycles. The molecular weight excluding hydrogens is 264 g/mol. The van der Waals surface area contributed by atoms with Crippen LogP contribution in [-0.4, -0.2) is 24.6 Å². The quantitative estimate of drug-likeness (QED) is 0.804. The Kier molecular flexibility index (Phi) is 4.58. The zero-order valence-corrected chi connectivity index (χ0v) is 12.9. The van der Waals surface area contributed by atoms with E-state index < -0.39 is 0 Å². The van der Waals surface area contributed by atoms with Crippen molar-refractivity contribution in [2.45, 2.75) is 20.8 Å². The first-order chi connectivity index (χ1) is 10.0. The molecule has 1 heterocycles. The third kappa shape index (κ3) is 3.40. The van der Waals surface area contributed by atoms with E-state index in [4.69, 9.17) is 4.74 Å². The van der Waals surface area contributed by atoms with Crippen molar-refractivity contribution in [3.8, 4) is 0 Å². The fourth-order valence-electron chi connectivity index (χ4n) is 2.22. The van der Waals surface area contributed by atoms with Gasteiger partial charge in [0, 0.05) is 18.9 Å². The van der Waals surface area contributed by atoms with Gasteiger partial charge in [0.1, 0.15) is 5.82 Å². The first-order valence-corrected chi connectivity index (χ1v) is 6.97. The fraction of sp³-hybridized carbons (Fsp3) is 0.294. The van der Waals surface area contributed by atoms with Crippen molar-refractivity contribution in [1.82, 2.24) is 4.98 Å². The summed E-state index contributed by atoms with van der Waals surface area (Å²) in [6.07, 6.45) is 1.55. The van der Waals surface area contributed by atoms with Crippen molar-refractivity contribution in [3.05, 3.63) is 53.2 Å². The van der Waals surface area contributed by atoms with Gasteiger partial charge in [-0.2, -0.15) is 0 Å². The summed E-state index contributed by atoms with van der Waals surface area (Å²) in [4.78, 5) is 18.0. The molecule has 0 aliphatic rings. The third-order valence-electron chi connectivity index (χ3n) is 3.32. The molecule has 0 radical (unpaired) electrons. The molecule has 0 saturated heterocycles. The van der Waals surface area contributed by atoms with Gasteiger partial charge in [-0.15, -0.1) is 0 Å². The molecule has 0 saturated carbocycles. The standard InChI is InChI=1S/C17H20N2O2/c1-5-21-17(20)14-7-9-16(18-11-14)19(4)15-8-6-12(2)10-13(15)3/h6-11H,5H2,1-4H3. The number of aromatic nitrogens is 1. The van der Waals surface area contributed by atoms with Crippen LogP contribution in [0.4, 0.5) is 11.5 Å². The minimum absolute atomic E-state index is 0.342. The Labute approximate surface area is 125 Å². The molecule has 21 heavy (non-hydrogen) atoms. The molecule has 0 fully saturated rings. The number of benzene rings is 1. The van der Waals surface area contributed by atoms with Crippen LogP contribution in [0.15, 0.2) is 36.5 Å². The predicted molar refractivity (Wildman–Crippen MR) is 84.2 cm³/mol. The van der Waals surface area contributed by atoms with Crippen molar-refractivity contribution in [1.29, 1.82) is 0 Å². The van der Waals surface area contributed by atoms with Gasteiger partial charge in [0.05, 0.1) is 12.2 Å². The van der Waals surface area contributed by atoms with Crippen molar-refractivity contribution in [2.24, 2.45) is 0 Å². The lowest BCUT2D eigenvalue weighted by atomic mass is 10.1. The first kappa shape index (κ1) is 15.0. The highest BCUT2D eigenvalue weighted by molar-refractivity contribution is 5.89. The Morgan fingerprint density at radius 1 is 1.24 bits per heavy atom. The zero-order valence-electron chi connectivity index (χ0n) is 12.9. The normalized spacial score (nSPS) is 10.3. The molecule has 0 atom stereocenters. The van der Waals surface area contributed by atoms with Gasteiger partial charge in [0.2, 0.25) is 0 Å². The molecule has 4 nitrogen and oxygen atoms in total. The third-order valence-corrected chi connectivity index (χ3v) is 3.32. The molecule has 4 heteroatoms. The molecule has 2 rings (SSSR count). The van der Waals surface area contributed by atoms with Crippen molar-refractivity contribution in [3.63, 3.8) is 0 Å². The SMILES string of the molecule is CCOC(=O)c1ccc(N(C)c2ccc(C)cc2C)nc1. The van der Waals surface area contributed by atoms with E-state index in [1.54, 1.807) is 19.2 Å². The number of esters is 1. The van der Waals surface area contributed by atoms with Gasteiger partial charge in [-0.25, -0.2) is 9.78 Å². The molecule has 110 valence electrons. The highest BCUT2D eigenvalue weighted by atomic mass is 16.5. The lowest BCUT2D eigenvalue weighted by molar-refractivity contribution is 0.0526. The van der Waals surface area contributed by atoms with Crippen molar-refractivity contribution in [2.75, 3.05) is 18.6 Å². The van der Waals surface area contributed by atoms with E-state index in [2.05, 4.69) is 37.0 Å². The van der Waals surface area contributed by atoms with E-state index in [0.29, 0.717) is 12.2 Å². The van der Waals surface area contributed by atoms with Gasteiger partial charge in [-0.05, 0) is 44.5 Å². The van der Waals surface area contributed by atoms with Crippen LogP contribution in [0.1, 0.15) is 28.4 Å². The van der Waals surface area contributed by atoms with E-state index in [9.17, 15) is 4.79 Å². The summed E-state index contributed by atoms with van der Waals surface area (Å²) in [7, 11) is 1.96. The molecule has 0 amide bonds. The van der Waals surface area contributed by atoms with Crippen molar-refractivity contribution >= 4 is 17.5 Å². The molecule has 0 bridgehead atoms. The lowest BCUT2D eigenvalue weighted by Crippen LogP contribution is -2.13. The average molecular weight is 284 g/mol. The van der Waals surface area contributed by atoms with Crippen LogP contribution in [0.25, 0.3) is 0 Å². The Morgan fingerprint density at radius 3 is 2.57 bits per heavy atom. The maximum absolute atomic E-state index is 11.6. The molecule has 0 N–H and O–H groups in total. The summed E-state index contributed by atoms with van der Waals surface area (Å²) >= 11 is 0. The van der Waals surface area contributed by atoms with Crippen LogP contribution in [0, 0.1) is 13.8 Å². The number of aryl methyl sites for hydroxylation is 2. The second-order valence-corrected chi connectivity index (χ2v) is 4.97. The maximum Gasteiger partial charge on any atom is 0.339 e. The molecule has 1 aromatic carbocycles. The number of carbonyl (C=O) groups is 1. The number of carbonyl (C=O) groups excluding carboxylic acids is 1. The molecule has 2 aromatic rings. The minimum Gasteiger partial charge on any atom is -0.462 e. The number of hydrogen-bond acceptors (Lipinski definition) is 4. The topological polar surface area (TPSA) is 42.4 Å². The summed E-state index contributed by atoms with van der Waals surface area (Å²) < 4.78 is 4.95. The monoisotopic (exact) mass is 284 g/mol. The second kappa shape index (κ2) is 6.39. The summed E-state index contributed by atoms with van der Waals surface area (Å²) in [6, 6.07) is 9.85. The summed E-state index contributed by atoms with van der Waals surface area (Å²) in [5.74, 6) is 0.445. The highest BCUT2D eigenvalue weighted by Crippen LogP contribution is 2.26. The average Bonchev–Trinajstić information content (AvgIpc) is 2.47. The van der Waals surface area contributed by atoms with Crippen LogP contribution in [-0.2, 0) is 4.74 Å². The highest BCUT2D eigenvalue weighted by Gasteiger charge is 2.11. The van der Waals surface area contributed by atoms with Gasteiger partial charge in [-0.3, -0.25) is 0 Å². The summed E-state index contributed by atoms with van der Waals surface area (Å²) in [5.41, 5.74) is 3.98. The number of anilines is 2. The van der Waals surface area contributed by atoms with Gasteiger partial charge in [0.15, 0.2) is 0 Å². The predicted octanol–water partition coefficient (Wildman–Crippen LogP) is 3.64. The summed E-state index contributed by atoms with van der Waals surface area (Å²) in [5, 5.41) is 0. The molecule has 1 aromatic heterocycles. The van der Waals surface area contributed by atoms with E-state index >= 15 is 0 Å². The van der Waals surface area contributed by atoms with Gasteiger partial charge >= 0.3 is 5.97 Å². The van der Waals surface area contributed by atoms with Crippen LogP contribution < -0.4 is 4.90 Å². The van der Waals surface area contributed by atoms with E-state index in [1.165, 1.54) is 11.1 Å². The van der Waals surface area contributed by atoms with Crippen LogP contribution in [0.2, 0.25) is 0 Å². The van der Waals surface area contributed by atoms with Crippen LogP contribution in [0.3, 0.4) is 0 Å². The number of hydrogen-bond donors (Lipinski definition) is 0. The zero-order chi connectivity index (χ0) is 15.4. The van der Waals surface area contributed by atoms with E-state index in [-0.39, 0.29) is 5.97 Å². The lowest BCUT2D eigenvalue weighted by Gasteiger charge is -2.21. The van der Waals surface area contributed by atoms with Crippen LogP contribution in [0.5, 0.6) is 0 Å². The smallest absolute Gasteiger partial charge is 0.339 e. The summed E-state index contributed by atoms with van der Waals surface area (Å²) in [6.45, 7) is 6.30. The van der Waals surface area contributed by atoms with E-state index in [0.717, 1.165) is 11.5 Å². The Balaban J connectivity index is 2.23. The second-order valence-electron chi connectivity index (χ2n) is 4.97. The number of ether oxygens (including phenoxy) is 1. The maximum atomic E-state index is 11.6. The minimum atomic E-state index is -0.342. The van der Waals surface area contributed by atoms with Crippen LogP contribution >= 0.6 is 0 Å². The largest absolute Gasteiger partial charge is 0.462 e. The number of pyridine rings is 1. The first-order valence-electron chi connectivity index (χ1n) is 6.97. The number of rotatable bonds is 4. The fourth-order valence-corrected chi connectivity index (χ4v) is 2.22. The Morgan fingerprint density at radius 2 is 2.00 bits per heavy atom. The Hall–Kier alpha value is -2.36. The molecule has 0 spiro atoms. The van der Waals surface area contributed by atoms with Gasteiger partial charge in [-0.1, -0.05) is 17.7 Å². The number of nitrogens with zero attached hydrogens (tertiary/aromatic N) is 2. The van der Waals surface area contributed by atoms with Crippen molar-refractivity contribution < 1.29 is 9.53 Å². The molecular formula is C17H20N2O2. The Bertz CT molecular complexity index is 636. The van der Waals surface area contributed by atoms with Gasteiger partial charge < -0.3 is 9.64 Å². The molecule has 0 unspecified atom stereocenters. The van der Waals surface area contributed by atoms with E-state index in [1.807, 2.05) is 18.0 Å².